The second kappa shape index (κ2) is 12.0. The van der Waals surface area contributed by atoms with E-state index in [-0.39, 0.29) is 35.3 Å². The molecule has 0 aliphatic carbocycles. The fourth-order valence-electron chi connectivity index (χ4n) is 2.96. The van der Waals surface area contributed by atoms with Crippen molar-refractivity contribution in [1.82, 2.24) is 4.90 Å². The number of anilines is 1. The van der Waals surface area contributed by atoms with Gasteiger partial charge < -0.3 is 44.8 Å². The quantitative estimate of drug-likeness (QED) is 0.496. The molecule has 2 amide bonds. The molecule has 1 aliphatic rings. The summed E-state index contributed by atoms with van der Waals surface area (Å²) in [5.74, 6) is -0.342. The molecular formula is C23H24FeN2O3-6. The molecule has 4 rings (SSSR count). The van der Waals surface area contributed by atoms with Crippen LogP contribution in [0.4, 0.5) is 5.69 Å². The number of hydrogen-bond donors (Lipinski definition) is 1. The maximum Gasteiger partial charge on any atom is 0.249 e. The SMILES string of the molecule is O=C(CC1OCCN(C[c-]2[cH-][cH-][cH-][cH-]2)C1=O)Nc1ccccc1.[Fe].c1cc[cH-]c1. The van der Waals surface area contributed by atoms with E-state index in [2.05, 4.69) is 5.32 Å². The van der Waals surface area contributed by atoms with Gasteiger partial charge in [-0.15, -0.1) is 6.54 Å². The number of carbonyl (C=O) groups is 2. The molecule has 0 bridgehead atoms. The van der Waals surface area contributed by atoms with Crippen molar-refractivity contribution in [3.05, 3.63) is 90.5 Å². The van der Waals surface area contributed by atoms with E-state index in [4.69, 9.17) is 4.74 Å². The van der Waals surface area contributed by atoms with Crippen molar-refractivity contribution in [2.24, 2.45) is 0 Å². The zero-order valence-corrected chi connectivity index (χ0v) is 17.1. The van der Waals surface area contributed by atoms with E-state index >= 15 is 0 Å². The summed E-state index contributed by atoms with van der Waals surface area (Å²) < 4.78 is 5.50. The molecular weight excluding hydrogens is 408 g/mol. The molecule has 0 aromatic heterocycles. The van der Waals surface area contributed by atoms with Gasteiger partial charge in [-0.05, 0) is 12.1 Å². The molecule has 29 heavy (non-hydrogen) atoms. The molecule has 1 aliphatic heterocycles. The number of ether oxygens (including phenoxy) is 1. The average molecular weight is 432 g/mol. The Bertz CT molecular complexity index is 815. The number of carbonyl (C=O) groups excluding carboxylic acids is 2. The third-order valence-corrected chi connectivity index (χ3v) is 4.36. The number of morpholine rings is 1. The second-order valence-electron chi connectivity index (χ2n) is 6.49. The van der Waals surface area contributed by atoms with Crippen LogP contribution in [0.15, 0.2) is 84.9 Å². The molecule has 158 valence electrons. The van der Waals surface area contributed by atoms with Crippen molar-refractivity contribution in [1.29, 1.82) is 0 Å². The third-order valence-electron chi connectivity index (χ3n) is 4.36. The van der Waals surface area contributed by atoms with Gasteiger partial charge in [0.2, 0.25) is 11.8 Å². The Kier molecular flexibility index (Phi) is 9.38. The summed E-state index contributed by atoms with van der Waals surface area (Å²) in [6, 6.07) is 27.1. The Labute approximate surface area is 181 Å². The van der Waals surface area contributed by atoms with Crippen LogP contribution in [0.3, 0.4) is 0 Å². The summed E-state index contributed by atoms with van der Waals surface area (Å²) in [4.78, 5) is 26.3. The number of nitrogens with one attached hydrogen (secondary N) is 1. The summed E-state index contributed by atoms with van der Waals surface area (Å²) in [5.41, 5.74) is 1.81. The summed E-state index contributed by atoms with van der Waals surface area (Å²) >= 11 is 0. The van der Waals surface area contributed by atoms with Gasteiger partial charge in [0.05, 0.1) is 13.0 Å². The van der Waals surface area contributed by atoms with Gasteiger partial charge in [-0.1, -0.05) is 18.2 Å². The van der Waals surface area contributed by atoms with Crippen LogP contribution < -0.4 is 5.32 Å². The Morgan fingerprint density at radius 1 is 1.14 bits per heavy atom. The van der Waals surface area contributed by atoms with Crippen LogP contribution in [0.5, 0.6) is 0 Å². The zero-order chi connectivity index (χ0) is 19.6. The Balaban J connectivity index is 0.000000437. The van der Waals surface area contributed by atoms with Gasteiger partial charge in [-0.25, -0.2) is 12.1 Å². The maximum absolute atomic E-state index is 12.5. The van der Waals surface area contributed by atoms with Gasteiger partial charge in [0, 0.05) is 29.3 Å². The number of rotatable bonds is 5. The Morgan fingerprint density at radius 3 is 2.45 bits per heavy atom. The normalized spacial score (nSPS) is 15.7. The molecule has 3 aromatic carbocycles. The van der Waals surface area contributed by atoms with Crippen LogP contribution in [-0.4, -0.2) is 36.0 Å². The summed E-state index contributed by atoms with van der Waals surface area (Å²) in [5, 5.41) is 2.78. The molecule has 0 spiro atoms. The largest absolute Gasteiger partial charge is 0.748 e. The molecule has 1 atom stereocenters. The smallest absolute Gasteiger partial charge is 0.249 e. The van der Waals surface area contributed by atoms with Crippen LogP contribution in [0.25, 0.3) is 0 Å². The van der Waals surface area contributed by atoms with Crippen molar-refractivity contribution in [3.63, 3.8) is 0 Å². The molecule has 0 saturated carbocycles. The van der Waals surface area contributed by atoms with Gasteiger partial charge in [0.25, 0.3) is 0 Å². The van der Waals surface area contributed by atoms with Crippen LogP contribution in [0.2, 0.25) is 0 Å². The van der Waals surface area contributed by atoms with Gasteiger partial charge in [0.1, 0.15) is 6.10 Å². The van der Waals surface area contributed by atoms with Crippen LogP contribution >= 0.6 is 0 Å². The maximum atomic E-state index is 12.5. The number of hydrogen-bond acceptors (Lipinski definition) is 3. The van der Waals surface area contributed by atoms with E-state index in [0.717, 1.165) is 11.3 Å². The minimum atomic E-state index is -0.706. The topological polar surface area (TPSA) is 58.6 Å². The Morgan fingerprint density at radius 2 is 1.83 bits per heavy atom. The van der Waals surface area contributed by atoms with Crippen molar-refractivity contribution in [2.45, 2.75) is 19.1 Å². The number of amides is 2. The average Bonchev–Trinajstić information content (AvgIpc) is 3.42. The molecule has 1 N–H and O–H groups in total. The van der Waals surface area contributed by atoms with Gasteiger partial charge in [-0.2, -0.15) is 18.2 Å². The van der Waals surface area contributed by atoms with Crippen LogP contribution in [0.1, 0.15) is 12.0 Å². The number of para-hydroxylation sites is 1. The minimum Gasteiger partial charge on any atom is -0.748 e. The number of nitrogens with zero attached hydrogens (tertiary/aromatic N) is 1. The van der Waals surface area contributed by atoms with Crippen molar-refractivity contribution in [3.8, 4) is 0 Å². The van der Waals surface area contributed by atoms with Crippen molar-refractivity contribution >= 4 is 17.5 Å². The van der Waals surface area contributed by atoms with Crippen molar-refractivity contribution in [2.75, 3.05) is 18.5 Å². The van der Waals surface area contributed by atoms with Gasteiger partial charge in [-0.3, -0.25) is 9.59 Å². The van der Waals surface area contributed by atoms with E-state index < -0.39 is 6.10 Å². The van der Waals surface area contributed by atoms with E-state index in [1.54, 1.807) is 4.90 Å². The zero-order valence-electron chi connectivity index (χ0n) is 16.0. The molecule has 3 aromatic rings. The molecule has 1 fully saturated rings. The first kappa shape index (κ1) is 22.6. The van der Waals surface area contributed by atoms with Crippen LogP contribution in [-0.2, 0) is 37.9 Å². The molecule has 1 heterocycles. The summed E-state index contributed by atoms with van der Waals surface area (Å²) in [7, 11) is 0. The third kappa shape index (κ3) is 7.35. The molecule has 1 unspecified atom stereocenters. The van der Waals surface area contributed by atoms with Gasteiger partial charge >= 0.3 is 0 Å². The predicted molar refractivity (Wildman–Crippen MR) is 109 cm³/mol. The summed E-state index contributed by atoms with van der Waals surface area (Å²) in [6.07, 6.45) is -0.673. The van der Waals surface area contributed by atoms with Gasteiger partial charge in [0.15, 0.2) is 0 Å². The van der Waals surface area contributed by atoms with Crippen LogP contribution in [0, 0.1) is 0 Å². The first-order valence-electron chi connectivity index (χ1n) is 9.35. The van der Waals surface area contributed by atoms with E-state index in [9.17, 15) is 9.59 Å². The molecule has 0 radical (unpaired) electrons. The molecule has 6 heteroatoms. The second-order valence-corrected chi connectivity index (χ2v) is 6.49. The molecule has 5 nitrogen and oxygen atoms in total. The van der Waals surface area contributed by atoms with Crippen molar-refractivity contribution < 1.29 is 31.4 Å². The monoisotopic (exact) mass is 432 g/mol. The fourth-order valence-corrected chi connectivity index (χ4v) is 2.96. The first-order valence-corrected chi connectivity index (χ1v) is 9.35. The fraction of sp³-hybridized carbons (Fsp3) is 0.217. The standard InChI is InChI=1S/C18H19N2O3.C5H5.Fe/c21-17(19-15-8-2-1-3-9-15)12-16-18(22)20(10-11-23-16)13-14-6-4-5-7-14;1-2-4-5-3-1;/h1-9,16H,10-13H2,(H,19,21);1-5H;/q-5;-1;. The molecule has 1 saturated heterocycles. The Hall–Kier alpha value is -2.66. The van der Waals surface area contributed by atoms with E-state index in [1.807, 2.05) is 84.9 Å². The summed E-state index contributed by atoms with van der Waals surface area (Å²) in [6.45, 7) is 1.57. The van der Waals surface area contributed by atoms with E-state index in [0.29, 0.717) is 19.7 Å². The minimum absolute atomic E-state index is 0. The number of benzene rings is 1. The predicted octanol–water partition coefficient (Wildman–Crippen LogP) is 3.56. The first-order chi connectivity index (χ1) is 13.7. The van der Waals surface area contributed by atoms with E-state index in [1.165, 1.54) is 0 Å².